The predicted octanol–water partition coefficient (Wildman–Crippen LogP) is 3.03. The van der Waals surface area contributed by atoms with E-state index in [1.807, 2.05) is 19.1 Å². The summed E-state index contributed by atoms with van der Waals surface area (Å²) in [5, 5.41) is 9.59. The Kier molecular flexibility index (Phi) is 3.82. The molecule has 0 radical (unpaired) electrons. The molecule has 1 N–H and O–H groups in total. The van der Waals surface area contributed by atoms with Gasteiger partial charge in [-0.3, -0.25) is 4.98 Å². The highest BCUT2D eigenvalue weighted by atomic mass is 16.5. The lowest BCUT2D eigenvalue weighted by Crippen LogP contribution is -2.04. The van der Waals surface area contributed by atoms with Crippen LogP contribution in [-0.4, -0.2) is 16.7 Å². The topological polar surface area (TPSA) is 42.4 Å². The van der Waals surface area contributed by atoms with Crippen molar-refractivity contribution in [3.05, 3.63) is 53.3 Å². The van der Waals surface area contributed by atoms with E-state index in [9.17, 15) is 5.11 Å². The number of aromatic nitrogens is 1. The average Bonchev–Trinajstić information content (AvgIpc) is 2.37. The number of hydrogen-bond acceptors (Lipinski definition) is 3. The number of pyridine rings is 1. The van der Waals surface area contributed by atoms with Crippen LogP contribution >= 0.6 is 0 Å². The molecule has 3 nitrogen and oxygen atoms in total. The van der Waals surface area contributed by atoms with E-state index < -0.39 is 0 Å². The second kappa shape index (κ2) is 5.54. The van der Waals surface area contributed by atoms with Crippen molar-refractivity contribution in [3.63, 3.8) is 0 Å². The van der Waals surface area contributed by atoms with Crippen LogP contribution in [0, 0.1) is 13.8 Å². The highest BCUT2D eigenvalue weighted by Gasteiger charge is 2.04. The van der Waals surface area contributed by atoms with Crippen LogP contribution in [0.15, 0.2) is 36.5 Å². The number of hydrogen-bond donors (Lipinski definition) is 1. The van der Waals surface area contributed by atoms with Crippen LogP contribution < -0.4 is 4.74 Å². The van der Waals surface area contributed by atoms with E-state index in [1.54, 1.807) is 18.3 Å². The monoisotopic (exact) mass is 243 g/mol. The molecule has 0 bridgehead atoms. The van der Waals surface area contributed by atoms with Crippen molar-refractivity contribution >= 4 is 0 Å². The summed E-state index contributed by atoms with van der Waals surface area (Å²) in [6.45, 7) is 4.62. The minimum absolute atomic E-state index is 0.224. The molecular weight excluding hydrogens is 226 g/mol. The fraction of sp³-hybridized carbons (Fsp3) is 0.267. The molecule has 1 heterocycles. The van der Waals surface area contributed by atoms with Crippen LogP contribution in [-0.2, 0) is 6.42 Å². The highest BCUT2D eigenvalue weighted by molar-refractivity contribution is 5.38. The van der Waals surface area contributed by atoms with Gasteiger partial charge in [0.1, 0.15) is 11.5 Å². The van der Waals surface area contributed by atoms with Gasteiger partial charge in [0.15, 0.2) is 0 Å². The first-order valence-electron chi connectivity index (χ1n) is 6.00. The molecule has 3 heteroatoms. The molecule has 0 unspecified atom stereocenters. The SMILES string of the molecule is Cc1cccc(OCCc2ncccc2O)c1C. The Morgan fingerprint density at radius 1 is 1.17 bits per heavy atom. The summed E-state index contributed by atoms with van der Waals surface area (Å²) in [7, 11) is 0. The van der Waals surface area contributed by atoms with Gasteiger partial charge in [-0.15, -0.1) is 0 Å². The lowest BCUT2D eigenvalue weighted by atomic mass is 10.1. The Bertz CT molecular complexity index is 538. The average molecular weight is 243 g/mol. The fourth-order valence-corrected chi connectivity index (χ4v) is 1.76. The first-order chi connectivity index (χ1) is 8.68. The molecule has 0 fully saturated rings. The number of ether oxygens (including phenoxy) is 1. The summed E-state index contributed by atoms with van der Waals surface area (Å²) < 4.78 is 5.73. The molecule has 0 saturated heterocycles. The summed E-state index contributed by atoms with van der Waals surface area (Å²) in [5.41, 5.74) is 3.04. The molecule has 0 aliphatic heterocycles. The maximum atomic E-state index is 9.59. The Morgan fingerprint density at radius 2 is 2.00 bits per heavy atom. The van der Waals surface area contributed by atoms with Gasteiger partial charge >= 0.3 is 0 Å². The molecule has 0 aliphatic rings. The van der Waals surface area contributed by atoms with E-state index in [4.69, 9.17) is 4.74 Å². The molecule has 2 aromatic rings. The highest BCUT2D eigenvalue weighted by Crippen LogP contribution is 2.21. The standard InChI is InChI=1S/C15H17NO2/c1-11-5-3-7-15(12(11)2)18-10-8-13-14(17)6-4-9-16-13/h3-7,9,17H,8,10H2,1-2H3. The van der Waals surface area contributed by atoms with Crippen LogP contribution in [0.25, 0.3) is 0 Å². The second-order valence-electron chi connectivity index (χ2n) is 4.27. The quantitative estimate of drug-likeness (QED) is 0.897. The van der Waals surface area contributed by atoms with Gasteiger partial charge in [0, 0.05) is 12.6 Å². The fourth-order valence-electron chi connectivity index (χ4n) is 1.76. The Hall–Kier alpha value is -2.03. The summed E-state index contributed by atoms with van der Waals surface area (Å²) in [4.78, 5) is 4.12. The first-order valence-corrected chi connectivity index (χ1v) is 6.00. The Balaban J connectivity index is 1.97. The van der Waals surface area contributed by atoms with E-state index in [2.05, 4.69) is 18.0 Å². The lowest BCUT2D eigenvalue weighted by Gasteiger charge is -2.10. The molecule has 0 atom stereocenters. The zero-order valence-electron chi connectivity index (χ0n) is 10.7. The van der Waals surface area contributed by atoms with Gasteiger partial charge in [0.2, 0.25) is 0 Å². The van der Waals surface area contributed by atoms with Crippen molar-refractivity contribution in [2.24, 2.45) is 0 Å². The summed E-state index contributed by atoms with van der Waals surface area (Å²) in [6.07, 6.45) is 2.27. The van der Waals surface area contributed by atoms with Crippen molar-refractivity contribution in [1.82, 2.24) is 4.98 Å². The lowest BCUT2D eigenvalue weighted by molar-refractivity contribution is 0.315. The largest absolute Gasteiger partial charge is 0.506 e. The molecule has 0 spiro atoms. The van der Waals surface area contributed by atoms with Crippen LogP contribution in [0.5, 0.6) is 11.5 Å². The normalized spacial score (nSPS) is 10.3. The molecular formula is C15H17NO2. The van der Waals surface area contributed by atoms with Crippen molar-refractivity contribution in [2.45, 2.75) is 20.3 Å². The summed E-state index contributed by atoms with van der Waals surface area (Å²) in [5.74, 6) is 1.12. The van der Waals surface area contributed by atoms with Crippen LogP contribution in [0.2, 0.25) is 0 Å². The molecule has 18 heavy (non-hydrogen) atoms. The zero-order valence-corrected chi connectivity index (χ0v) is 10.7. The van der Waals surface area contributed by atoms with Gasteiger partial charge in [0.05, 0.1) is 12.3 Å². The molecule has 0 saturated carbocycles. The van der Waals surface area contributed by atoms with Gasteiger partial charge in [-0.25, -0.2) is 0 Å². The number of benzene rings is 1. The molecule has 1 aromatic heterocycles. The van der Waals surface area contributed by atoms with E-state index in [1.165, 1.54) is 5.56 Å². The third-order valence-corrected chi connectivity index (χ3v) is 3.02. The summed E-state index contributed by atoms with van der Waals surface area (Å²) in [6, 6.07) is 9.36. The predicted molar refractivity (Wildman–Crippen MR) is 71.0 cm³/mol. The Morgan fingerprint density at radius 3 is 2.78 bits per heavy atom. The minimum atomic E-state index is 0.224. The van der Waals surface area contributed by atoms with Crippen molar-refractivity contribution in [2.75, 3.05) is 6.61 Å². The number of aromatic hydroxyl groups is 1. The smallest absolute Gasteiger partial charge is 0.137 e. The van der Waals surface area contributed by atoms with Crippen LogP contribution in [0.4, 0.5) is 0 Å². The molecule has 0 amide bonds. The van der Waals surface area contributed by atoms with Crippen LogP contribution in [0.1, 0.15) is 16.8 Å². The molecule has 1 aromatic carbocycles. The maximum Gasteiger partial charge on any atom is 0.137 e. The van der Waals surface area contributed by atoms with Gasteiger partial charge in [-0.2, -0.15) is 0 Å². The van der Waals surface area contributed by atoms with Crippen molar-refractivity contribution < 1.29 is 9.84 Å². The van der Waals surface area contributed by atoms with E-state index in [0.29, 0.717) is 18.7 Å². The third kappa shape index (κ3) is 2.80. The second-order valence-corrected chi connectivity index (χ2v) is 4.27. The van der Waals surface area contributed by atoms with Gasteiger partial charge in [-0.1, -0.05) is 12.1 Å². The Labute approximate surface area is 107 Å². The zero-order chi connectivity index (χ0) is 13.0. The molecule has 2 rings (SSSR count). The van der Waals surface area contributed by atoms with Gasteiger partial charge in [0.25, 0.3) is 0 Å². The third-order valence-electron chi connectivity index (χ3n) is 3.02. The first kappa shape index (κ1) is 12.4. The number of nitrogens with zero attached hydrogens (tertiary/aromatic N) is 1. The van der Waals surface area contributed by atoms with Crippen molar-refractivity contribution in [3.8, 4) is 11.5 Å². The summed E-state index contributed by atoms with van der Waals surface area (Å²) >= 11 is 0. The van der Waals surface area contributed by atoms with Crippen molar-refractivity contribution in [1.29, 1.82) is 0 Å². The van der Waals surface area contributed by atoms with Crippen LogP contribution in [0.3, 0.4) is 0 Å². The molecule has 0 aliphatic carbocycles. The minimum Gasteiger partial charge on any atom is -0.506 e. The van der Waals surface area contributed by atoms with Gasteiger partial charge in [-0.05, 0) is 43.2 Å². The van der Waals surface area contributed by atoms with E-state index in [0.717, 1.165) is 11.3 Å². The molecule has 94 valence electrons. The number of rotatable bonds is 4. The van der Waals surface area contributed by atoms with E-state index in [-0.39, 0.29) is 5.75 Å². The van der Waals surface area contributed by atoms with E-state index >= 15 is 0 Å². The number of aryl methyl sites for hydroxylation is 1. The van der Waals surface area contributed by atoms with Gasteiger partial charge < -0.3 is 9.84 Å². The maximum absolute atomic E-state index is 9.59.